The van der Waals surface area contributed by atoms with Crippen molar-refractivity contribution in [2.75, 3.05) is 25.0 Å². The number of halogens is 1. The van der Waals surface area contributed by atoms with E-state index >= 15 is 0 Å². The predicted molar refractivity (Wildman–Crippen MR) is 508 cm³/mol. The molecule has 684 valence electrons. The second kappa shape index (κ2) is 40.7. The lowest BCUT2D eigenvalue weighted by molar-refractivity contribution is 0.112. The van der Waals surface area contributed by atoms with Gasteiger partial charge in [0.15, 0.2) is 29.5 Å². The summed E-state index contributed by atoms with van der Waals surface area (Å²) in [6.45, 7) is 40.9. The number of aliphatic hydroxyl groups excluding tert-OH is 4. The molecule has 12 rings (SSSR count). The lowest BCUT2D eigenvalue weighted by atomic mass is 9.61. The highest BCUT2D eigenvalue weighted by Crippen LogP contribution is 2.62. The van der Waals surface area contributed by atoms with Crippen molar-refractivity contribution in [2.45, 2.75) is 309 Å². The molecule has 20 heteroatoms. The van der Waals surface area contributed by atoms with Gasteiger partial charge in [-0.15, -0.1) is 0 Å². The summed E-state index contributed by atoms with van der Waals surface area (Å²) in [4.78, 5) is 0. The van der Waals surface area contributed by atoms with E-state index in [9.17, 15) is 66.9 Å². The Morgan fingerprint density at radius 3 is 1.07 bits per heavy atom. The molecule has 12 aliphatic carbocycles. The fourth-order valence-corrected chi connectivity index (χ4v) is 25.0. The van der Waals surface area contributed by atoms with Gasteiger partial charge in [-0.2, -0.15) is 0 Å². The first-order chi connectivity index (χ1) is 57.1. The molecular weight excluding hydrogens is 1640 g/mol. The number of allylic oxidation sites excluding steroid dienone is 26. The van der Waals surface area contributed by atoms with E-state index in [1.807, 2.05) is 26.0 Å². The van der Waals surface area contributed by atoms with Crippen LogP contribution in [0.4, 0.5) is 4.39 Å². The molecule has 0 radical (unpaired) electrons. The van der Waals surface area contributed by atoms with Gasteiger partial charge < -0.3 is 20.4 Å². The summed E-state index contributed by atoms with van der Waals surface area (Å²) in [6, 6.07) is 0. The van der Waals surface area contributed by atoms with Crippen molar-refractivity contribution in [3.05, 3.63) is 225 Å². The van der Waals surface area contributed by atoms with E-state index in [-0.39, 0.29) is 63.8 Å². The standard InChI is InChI=1S/C27H40O3S.C26H37FO3S.C26H40O3S.C24H34O5S2/c1-19-9-12-23(28)18-22(19)11-10-21-8-7-16-27(5)24(13-14-25(21)27)20(2)15-17-26(3,4)31(6,29)30;1-18-8-11-22(28)17-21(18)10-9-20-7-6-15-25(3)23(12-13-24(20)25)19(2)14-16-26(4,27)31(5,29)30;1-18-9-13-23(27)17-22(18)12-11-21-7-6-16-26(4)24(14-15-25(21)26)19(2)8-10-20(3)30(5,28)29;1-17-7-10-21(25)16-20(17)9-8-19-6-5-14-24(3)22(11-12-23(19)24)18(2)13-15-31(28,29)30(4,26)27/h10-11,13,15,17,20,23,25,28H,1,7-9,12,14,16,18H2,2-6H3;9-10,12,14,16,19,22,24,28H,1,6-8,11,13,15,17H2,2-5H3;8,10-12,19-20,23-25,27H,1,6-7,9,13-17H2,2-5H3;8-9,11,13,15,18,21,23,25H,1,5-7,10,12,14,16H2,2-4H3/b17-15+,21-10+,22-11-;16-14+,20-9+,21-10-;10-8+,21-11+,22-12-;15-13+,19-8+,20-9-/t20?,23?,25-,27+;19?,22?,24-,25?,26?;19?,20?,23?,24?,25-,26+;18?,21?,23-,24+/m0000/s1. The summed E-state index contributed by atoms with van der Waals surface area (Å²) in [5.41, 5.74) is 19.5. The molecule has 0 aromatic carbocycles. The van der Waals surface area contributed by atoms with Crippen molar-refractivity contribution in [3.63, 3.8) is 0 Å². The third kappa shape index (κ3) is 24.4. The molecule has 0 amide bonds. The van der Waals surface area contributed by atoms with E-state index < -0.39 is 62.2 Å². The molecule has 14 nitrogen and oxygen atoms in total. The van der Waals surface area contributed by atoms with Crippen molar-refractivity contribution in [1.82, 2.24) is 0 Å². The van der Waals surface area contributed by atoms with Gasteiger partial charge in [-0.05, 0) is 317 Å². The Labute approximate surface area is 742 Å². The molecule has 123 heavy (non-hydrogen) atoms. The molecule has 0 spiro atoms. The highest BCUT2D eigenvalue weighted by Gasteiger charge is 2.52. The van der Waals surface area contributed by atoms with E-state index in [1.165, 1.54) is 125 Å². The summed E-state index contributed by atoms with van der Waals surface area (Å²) in [5.74, 6) is 2.92. The fraction of sp³-hybridized carbons (Fsp3) is 0.631. The van der Waals surface area contributed by atoms with Gasteiger partial charge >= 0.3 is 0 Å². The zero-order chi connectivity index (χ0) is 91.2. The van der Waals surface area contributed by atoms with Gasteiger partial charge in [0.2, 0.25) is 5.00 Å². The van der Waals surface area contributed by atoms with E-state index in [0.717, 1.165) is 169 Å². The minimum absolute atomic E-state index is 0.00718. The zero-order valence-electron chi connectivity index (χ0n) is 77.2. The van der Waals surface area contributed by atoms with Gasteiger partial charge in [0, 0.05) is 24.2 Å². The van der Waals surface area contributed by atoms with Gasteiger partial charge in [-0.25, -0.2) is 46.5 Å². The van der Waals surface area contributed by atoms with Crippen LogP contribution in [-0.2, 0) is 47.3 Å². The molecule has 0 bridgehead atoms. The molecule has 9 saturated carbocycles. The maximum atomic E-state index is 14.5. The van der Waals surface area contributed by atoms with Crippen LogP contribution < -0.4 is 0 Å². The molecule has 9 fully saturated rings. The first-order valence-electron chi connectivity index (χ1n) is 45.7. The van der Waals surface area contributed by atoms with Crippen LogP contribution in [0.5, 0.6) is 0 Å². The number of hydrogen-bond acceptors (Lipinski definition) is 14. The minimum atomic E-state index is -4.30. The smallest absolute Gasteiger partial charge is 0.274 e. The molecule has 0 aliphatic heterocycles. The van der Waals surface area contributed by atoms with E-state index in [2.05, 4.69) is 147 Å². The third-order valence-electron chi connectivity index (χ3n) is 31.2. The minimum Gasteiger partial charge on any atom is -0.393 e. The lowest BCUT2D eigenvalue weighted by Gasteiger charge is -2.44. The predicted octanol–water partition coefficient (Wildman–Crippen LogP) is 22.5. The Morgan fingerprint density at radius 1 is 0.415 bits per heavy atom. The normalized spacial score (nSPS) is 35.1. The molecule has 4 N–H and O–H groups in total. The Hall–Kier alpha value is -5.42. The van der Waals surface area contributed by atoms with Crippen LogP contribution in [-0.4, -0.2) is 127 Å². The summed E-state index contributed by atoms with van der Waals surface area (Å²) in [6.07, 6.45) is 68.7. The quantitative estimate of drug-likeness (QED) is 0.0654. The Bertz CT molecular complexity index is 4920. The number of fused-ring (bicyclic) bond motifs is 4. The van der Waals surface area contributed by atoms with Crippen molar-refractivity contribution >= 4 is 47.3 Å². The highest BCUT2D eigenvalue weighted by molar-refractivity contribution is 8.68. The average Bonchev–Trinajstić information content (AvgIpc) is 1.63. The Kier molecular flexibility index (Phi) is 33.5. The van der Waals surface area contributed by atoms with Crippen LogP contribution >= 0.6 is 0 Å². The molecule has 0 aromatic rings. The molecule has 0 heterocycles. The van der Waals surface area contributed by atoms with Gasteiger partial charge in [0.1, 0.15) is 0 Å². The molecule has 12 aliphatic rings. The summed E-state index contributed by atoms with van der Waals surface area (Å²) < 4.78 is 132. The van der Waals surface area contributed by atoms with E-state index in [4.69, 9.17) is 0 Å². The van der Waals surface area contributed by atoms with Crippen molar-refractivity contribution in [1.29, 1.82) is 0 Å². The van der Waals surface area contributed by atoms with Crippen LogP contribution in [0.25, 0.3) is 0 Å². The van der Waals surface area contributed by atoms with Crippen LogP contribution in [0.2, 0.25) is 0 Å². The van der Waals surface area contributed by atoms with Gasteiger partial charge in [-0.3, -0.25) is 0 Å². The molecule has 0 aromatic heterocycles. The zero-order valence-corrected chi connectivity index (χ0v) is 81.3. The molecule has 19 atom stereocenters. The van der Waals surface area contributed by atoms with Crippen LogP contribution in [0.1, 0.15) is 269 Å². The number of aliphatic hydroxyl groups is 4. The number of rotatable bonds is 20. The maximum absolute atomic E-state index is 14.5. The van der Waals surface area contributed by atoms with Crippen molar-refractivity contribution in [3.8, 4) is 0 Å². The maximum Gasteiger partial charge on any atom is 0.274 e. The van der Waals surface area contributed by atoms with E-state index in [1.54, 1.807) is 32.4 Å². The number of hydrogen-bond donors (Lipinski definition) is 4. The average molecular weight is 1790 g/mol. The molecule has 12 unspecified atom stereocenters. The highest BCUT2D eigenvalue weighted by atomic mass is 33.2. The Morgan fingerprint density at radius 2 is 0.740 bits per heavy atom. The van der Waals surface area contributed by atoms with Crippen molar-refractivity contribution in [2.24, 2.45) is 74.9 Å². The second-order valence-electron chi connectivity index (χ2n) is 40.5. The monoisotopic (exact) mass is 1790 g/mol. The van der Waals surface area contributed by atoms with Gasteiger partial charge in [0.25, 0.3) is 17.7 Å². The topological polar surface area (TPSA) is 252 Å². The third-order valence-corrected chi connectivity index (χ3v) is 40.5. The van der Waals surface area contributed by atoms with Gasteiger partial charge in [-0.1, -0.05) is 246 Å². The largest absolute Gasteiger partial charge is 0.393 e. The SMILES string of the molecule is C=C1CCC(O)C/C1=C/C=C1\CCCC2(C)C(C(C)/C=C/C(C)(F)S(C)(=O)=O)=CC[C@@H]12.C=C1CCC(O)C/C1=C/C=C1\CCC[C@]2(C)C(C(C)/C=C/C(C)(C)S(C)(=O)=O)=CC[C@@H]12.C=C1CCC(O)C/C1=C/C=C1\CCC[C@]2(C)C(C(C)/C=C/C(C)S(C)(=O)=O)CC[C@@H]12.C=C1CCC(O)C/C1=C/C=C1\CCC[C@]2(C)C(C(C)/C=C/S(=O)(=O)S(C)(=O)=O)=CC[C@@H]12. The van der Waals surface area contributed by atoms with Crippen LogP contribution in [0.15, 0.2) is 225 Å². The molecule has 0 saturated heterocycles. The van der Waals surface area contributed by atoms with Gasteiger partial charge in [0.05, 0.1) is 40.7 Å². The first-order valence-corrected chi connectivity index (χ1v) is 55.4. The van der Waals surface area contributed by atoms with Crippen LogP contribution in [0.3, 0.4) is 0 Å². The number of sulfone groups is 3. The summed E-state index contributed by atoms with van der Waals surface area (Å²) >= 11 is 0. The fourth-order valence-electron chi connectivity index (χ4n) is 22.6. The van der Waals surface area contributed by atoms with Crippen molar-refractivity contribution < 1.29 is 66.9 Å². The summed E-state index contributed by atoms with van der Waals surface area (Å²) in [7, 11) is -18.4. The second-order valence-corrected chi connectivity index (χ2v) is 53.7. The van der Waals surface area contributed by atoms with Crippen LogP contribution in [0, 0.1) is 74.9 Å². The van der Waals surface area contributed by atoms with E-state index in [0.29, 0.717) is 54.8 Å². The first kappa shape index (κ1) is 101. The Balaban J connectivity index is 0.000000186. The lowest BCUT2D eigenvalue weighted by Crippen LogP contribution is -2.35. The number of alkyl halides is 1. The molecular formula is C103H151FO14S5. The summed E-state index contributed by atoms with van der Waals surface area (Å²) in [5, 5.41) is 38.1.